The van der Waals surface area contributed by atoms with Crippen molar-refractivity contribution in [2.24, 2.45) is 11.8 Å². The highest BCUT2D eigenvalue weighted by atomic mass is 19.4. The van der Waals surface area contributed by atoms with Gasteiger partial charge < -0.3 is 4.90 Å². The van der Waals surface area contributed by atoms with Gasteiger partial charge in [0.15, 0.2) is 0 Å². The van der Waals surface area contributed by atoms with Gasteiger partial charge in [0.25, 0.3) is 0 Å². The van der Waals surface area contributed by atoms with Gasteiger partial charge in [0.1, 0.15) is 0 Å². The third-order valence-corrected chi connectivity index (χ3v) is 4.71. The standard InChI is InChI=1S/C14H21F3N2.C3H4/c15-14(16,17)12-6-9-19(10-7-12)13-3-1-11(2-4-13)5-8-18;1-3-2/h11-13H,1-7,9-10H2;1H,2H3. The number of hydrogen-bond donors (Lipinski definition) is 0. The van der Waals surface area contributed by atoms with Crippen molar-refractivity contribution >= 4 is 0 Å². The molecular formula is C17H25F3N2. The summed E-state index contributed by atoms with van der Waals surface area (Å²) in [6.45, 7) is 2.82. The Balaban J connectivity index is 0.000000745. The van der Waals surface area contributed by atoms with Gasteiger partial charge in [-0.3, -0.25) is 0 Å². The molecule has 1 aliphatic carbocycles. The molecule has 0 aromatic carbocycles. The van der Waals surface area contributed by atoms with Crippen LogP contribution in [0.3, 0.4) is 0 Å². The minimum Gasteiger partial charge on any atom is -0.300 e. The molecule has 2 aliphatic rings. The molecule has 0 aromatic rings. The molecule has 124 valence electrons. The summed E-state index contributed by atoms with van der Waals surface area (Å²) >= 11 is 0. The summed E-state index contributed by atoms with van der Waals surface area (Å²) in [5, 5.41) is 8.67. The zero-order chi connectivity index (χ0) is 16.6. The molecule has 0 N–H and O–H groups in total. The summed E-state index contributed by atoms with van der Waals surface area (Å²) in [5.74, 6) is 1.66. The quantitative estimate of drug-likeness (QED) is 0.708. The Morgan fingerprint density at radius 1 is 1.09 bits per heavy atom. The summed E-state index contributed by atoms with van der Waals surface area (Å²) in [4.78, 5) is 2.24. The second kappa shape index (κ2) is 9.06. The van der Waals surface area contributed by atoms with E-state index in [2.05, 4.69) is 23.3 Å². The summed E-state index contributed by atoms with van der Waals surface area (Å²) < 4.78 is 37.8. The van der Waals surface area contributed by atoms with Gasteiger partial charge in [-0.05, 0) is 64.5 Å². The SMILES string of the molecule is C#CC.N#CCC1CCC(N2CCC(C(F)(F)F)CC2)CC1. The van der Waals surface area contributed by atoms with Crippen LogP contribution in [0, 0.1) is 35.5 Å². The smallest absolute Gasteiger partial charge is 0.300 e. The van der Waals surface area contributed by atoms with Gasteiger partial charge in [0.2, 0.25) is 0 Å². The van der Waals surface area contributed by atoms with Crippen LogP contribution in [0.4, 0.5) is 13.2 Å². The van der Waals surface area contributed by atoms with Crippen LogP contribution >= 0.6 is 0 Å². The molecule has 2 nitrogen and oxygen atoms in total. The van der Waals surface area contributed by atoms with E-state index in [-0.39, 0.29) is 12.8 Å². The van der Waals surface area contributed by atoms with Crippen LogP contribution in [-0.4, -0.2) is 30.2 Å². The number of terminal acetylenes is 1. The average molecular weight is 314 g/mol. The highest BCUT2D eigenvalue weighted by Crippen LogP contribution is 2.36. The number of hydrogen-bond acceptors (Lipinski definition) is 2. The number of likely N-dealkylation sites (tertiary alicyclic amines) is 1. The molecule has 0 spiro atoms. The molecule has 2 fully saturated rings. The molecule has 0 unspecified atom stereocenters. The lowest BCUT2D eigenvalue weighted by atomic mass is 9.83. The predicted octanol–water partition coefficient (Wildman–Crippen LogP) is 4.37. The molecule has 0 atom stereocenters. The van der Waals surface area contributed by atoms with E-state index in [1.54, 1.807) is 6.92 Å². The molecule has 1 aliphatic heterocycles. The largest absolute Gasteiger partial charge is 0.391 e. The van der Waals surface area contributed by atoms with Gasteiger partial charge in [-0.2, -0.15) is 18.4 Å². The van der Waals surface area contributed by atoms with E-state index in [9.17, 15) is 13.2 Å². The van der Waals surface area contributed by atoms with Crippen LogP contribution in [-0.2, 0) is 0 Å². The Bertz CT molecular complexity index is 390. The highest BCUT2D eigenvalue weighted by Gasteiger charge is 2.42. The number of alkyl halides is 3. The summed E-state index contributed by atoms with van der Waals surface area (Å²) in [6.07, 6.45) is 5.91. The van der Waals surface area contributed by atoms with Crippen molar-refractivity contribution in [3.8, 4) is 18.4 Å². The summed E-state index contributed by atoms with van der Waals surface area (Å²) in [7, 11) is 0. The van der Waals surface area contributed by atoms with Gasteiger partial charge in [0.05, 0.1) is 12.0 Å². The second-order valence-corrected chi connectivity index (χ2v) is 6.18. The van der Waals surface area contributed by atoms with Gasteiger partial charge in [0, 0.05) is 12.5 Å². The number of rotatable bonds is 2. The van der Waals surface area contributed by atoms with Gasteiger partial charge >= 0.3 is 6.18 Å². The van der Waals surface area contributed by atoms with Crippen molar-refractivity contribution < 1.29 is 13.2 Å². The minimum absolute atomic E-state index is 0.252. The third kappa shape index (κ3) is 5.89. The van der Waals surface area contributed by atoms with Crippen LogP contribution in [0.2, 0.25) is 0 Å². The fraction of sp³-hybridized carbons (Fsp3) is 0.824. The minimum atomic E-state index is -4.02. The zero-order valence-corrected chi connectivity index (χ0v) is 13.2. The molecule has 0 bridgehead atoms. The number of halogens is 3. The Hall–Kier alpha value is -1.20. The zero-order valence-electron chi connectivity index (χ0n) is 13.2. The lowest BCUT2D eigenvalue weighted by Gasteiger charge is -2.40. The van der Waals surface area contributed by atoms with E-state index >= 15 is 0 Å². The van der Waals surface area contributed by atoms with E-state index in [0.717, 1.165) is 25.7 Å². The van der Waals surface area contributed by atoms with Crippen LogP contribution in [0.5, 0.6) is 0 Å². The molecule has 22 heavy (non-hydrogen) atoms. The molecule has 5 heteroatoms. The normalized spacial score (nSPS) is 27.2. The fourth-order valence-electron chi connectivity index (χ4n) is 3.44. The fourth-order valence-corrected chi connectivity index (χ4v) is 3.44. The van der Waals surface area contributed by atoms with Crippen molar-refractivity contribution in [3.05, 3.63) is 0 Å². The lowest BCUT2D eigenvalue weighted by molar-refractivity contribution is -0.186. The lowest BCUT2D eigenvalue weighted by Crippen LogP contribution is -2.45. The van der Waals surface area contributed by atoms with Gasteiger partial charge in [-0.25, -0.2) is 0 Å². The third-order valence-electron chi connectivity index (χ3n) is 4.71. The maximum Gasteiger partial charge on any atom is 0.391 e. The van der Waals surface area contributed by atoms with Crippen molar-refractivity contribution in [1.82, 2.24) is 4.90 Å². The first-order valence-corrected chi connectivity index (χ1v) is 7.97. The molecular weight excluding hydrogens is 289 g/mol. The van der Waals surface area contributed by atoms with Crippen molar-refractivity contribution in [3.63, 3.8) is 0 Å². The Labute approximate surface area is 131 Å². The van der Waals surface area contributed by atoms with Crippen molar-refractivity contribution in [1.29, 1.82) is 5.26 Å². The molecule has 1 saturated heterocycles. The monoisotopic (exact) mass is 314 g/mol. The number of nitrogens with zero attached hydrogens (tertiary/aromatic N) is 2. The summed E-state index contributed by atoms with van der Waals surface area (Å²) in [5.41, 5.74) is 0. The topological polar surface area (TPSA) is 27.0 Å². The van der Waals surface area contributed by atoms with E-state index in [0.29, 0.717) is 31.5 Å². The Morgan fingerprint density at radius 2 is 1.59 bits per heavy atom. The van der Waals surface area contributed by atoms with E-state index in [1.165, 1.54) is 0 Å². The first-order chi connectivity index (χ1) is 10.4. The highest BCUT2D eigenvalue weighted by molar-refractivity contribution is 4.87. The molecule has 1 heterocycles. The molecule has 0 aromatic heterocycles. The maximum absolute atomic E-state index is 12.6. The first-order valence-electron chi connectivity index (χ1n) is 7.97. The molecule has 1 saturated carbocycles. The maximum atomic E-state index is 12.6. The van der Waals surface area contributed by atoms with Crippen LogP contribution in [0.1, 0.15) is 51.9 Å². The molecule has 0 radical (unpaired) electrons. The number of nitriles is 1. The Kier molecular flexibility index (Phi) is 7.76. The average Bonchev–Trinajstić information content (AvgIpc) is 2.48. The van der Waals surface area contributed by atoms with Crippen LogP contribution in [0.25, 0.3) is 0 Å². The van der Waals surface area contributed by atoms with Crippen molar-refractivity contribution in [2.75, 3.05) is 13.1 Å². The summed E-state index contributed by atoms with van der Waals surface area (Å²) in [6, 6.07) is 2.66. The van der Waals surface area contributed by atoms with E-state index < -0.39 is 12.1 Å². The van der Waals surface area contributed by atoms with E-state index in [4.69, 9.17) is 5.26 Å². The van der Waals surface area contributed by atoms with E-state index in [1.807, 2.05) is 0 Å². The Morgan fingerprint density at radius 3 is 2.00 bits per heavy atom. The second-order valence-electron chi connectivity index (χ2n) is 6.18. The van der Waals surface area contributed by atoms with Gasteiger partial charge in [-0.1, -0.05) is 0 Å². The van der Waals surface area contributed by atoms with Crippen molar-refractivity contribution in [2.45, 2.75) is 64.1 Å². The number of piperidine rings is 1. The molecule has 0 amide bonds. The van der Waals surface area contributed by atoms with Crippen LogP contribution in [0.15, 0.2) is 0 Å². The van der Waals surface area contributed by atoms with Crippen LogP contribution < -0.4 is 0 Å². The van der Waals surface area contributed by atoms with Gasteiger partial charge in [-0.15, -0.1) is 12.3 Å². The predicted molar refractivity (Wildman–Crippen MR) is 80.8 cm³/mol. The first kappa shape index (κ1) is 18.8. The molecule has 2 rings (SSSR count).